The number of rotatable bonds is 6. The van der Waals surface area contributed by atoms with Crippen LogP contribution in [0.15, 0.2) is 47.5 Å². The fourth-order valence-corrected chi connectivity index (χ4v) is 3.93. The number of fused-ring (bicyclic) bond motifs is 2. The first-order valence-electron chi connectivity index (χ1n) is 10.4. The third-order valence-electron chi connectivity index (χ3n) is 5.51. The number of hydrogen-bond donors (Lipinski definition) is 3. The second kappa shape index (κ2) is 9.10. The number of methoxy groups -OCH3 is 2. The highest BCUT2D eigenvalue weighted by atomic mass is 32.1. The van der Waals surface area contributed by atoms with E-state index in [0.717, 1.165) is 5.69 Å². The highest BCUT2D eigenvalue weighted by molar-refractivity contribution is 7.59. The summed E-state index contributed by atoms with van der Waals surface area (Å²) in [7, 11) is 4.95. The Morgan fingerprint density at radius 3 is 2.56 bits per heavy atom. The van der Waals surface area contributed by atoms with Crippen molar-refractivity contribution in [3.8, 4) is 22.9 Å². The van der Waals surface area contributed by atoms with E-state index in [4.69, 9.17) is 9.47 Å². The van der Waals surface area contributed by atoms with Gasteiger partial charge in [0.15, 0.2) is 11.5 Å². The number of aromatic nitrogens is 6. The lowest BCUT2D eigenvalue weighted by Crippen LogP contribution is -2.16. The Labute approximate surface area is 201 Å². The summed E-state index contributed by atoms with van der Waals surface area (Å²) >= 11 is 0. The van der Waals surface area contributed by atoms with Crippen molar-refractivity contribution in [2.24, 2.45) is 7.05 Å². The molecule has 0 bridgehead atoms. The summed E-state index contributed by atoms with van der Waals surface area (Å²) < 4.78 is 12.4. The topological polar surface area (TPSA) is 123 Å². The van der Waals surface area contributed by atoms with E-state index < -0.39 is 0 Å². The van der Waals surface area contributed by atoms with Crippen molar-refractivity contribution < 1.29 is 9.47 Å². The lowest BCUT2D eigenvalue weighted by molar-refractivity contribution is 0.356. The van der Waals surface area contributed by atoms with E-state index in [1.807, 2.05) is 32.2 Å². The monoisotopic (exact) mass is 479 g/mol. The molecule has 10 nitrogen and oxygen atoms in total. The Kier molecular flexibility index (Phi) is 6.20. The summed E-state index contributed by atoms with van der Waals surface area (Å²) in [6, 6.07) is 9.10. The zero-order valence-corrected chi connectivity index (χ0v) is 20.1. The largest absolute Gasteiger partial charge is 0.493 e. The minimum absolute atomic E-state index is 0. The molecule has 1 atom stereocenters. The second-order valence-corrected chi connectivity index (χ2v) is 7.70. The first-order valence-corrected chi connectivity index (χ1v) is 10.4. The van der Waals surface area contributed by atoms with Crippen LogP contribution in [0.2, 0.25) is 0 Å². The minimum Gasteiger partial charge on any atom is -0.493 e. The SMILES string of the molecule is COc1cc2nc(-c3c(N[C@@H](C)c4ccccn4)c4nn(C)cc4[nH]c3=O)[nH]c2cc1OC.S. The van der Waals surface area contributed by atoms with Crippen LogP contribution < -0.4 is 20.3 Å². The molecule has 0 saturated heterocycles. The van der Waals surface area contributed by atoms with Crippen LogP contribution >= 0.6 is 13.5 Å². The summed E-state index contributed by atoms with van der Waals surface area (Å²) in [6.45, 7) is 1.98. The number of aryl methyl sites for hydroxylation is 1. The molecule has 0 radical (unpaired) electrons. The highest BCUT2D eigenvalue weighted by Gasteiger charge is 2.22. The quantitative estimate of drug-likeness (QED) is 0.341. The van der Waals surface area contributed by atoms with Gasteiger partial charge >= 0.3 is 0 Å². The molecule has 0 amide bonds. The first kappa shape index (κ1) is 23.2. The van der Waals surface area contributed by atoms with Crippen LogP contribution in [0.1, 0.15) is 18.7 Å². The molecule has 4 heterocycles. The molecule has 0 aliphatic rings. The van der Waals surface area contributed by atoms with Crippen molar-refractivity contribution >= 4 is 41.2 Å². The maximum Gasteiger partial charge on any atom is 0.261 e. The molecular weight excluding hydrogens is 454 g/mol. The number of nitrogens with one attached hydrogen (secondary N) is 3. The average Bonchev–Trinajstić information content (AvgIpc) is 3.40. The maximum absolute atomic E-state index is 13.2. The van der Waals surface area contributed by atoms with Crippen LogP contribution in [0.5, 0.6) is 11.5 Å². The first-order chi connectivity index (χ1) is 16.0. The number of ether oxygens (including phenoxy) is 2. The van der Waals surface area contributed by atoms with Crippen LogP contribution in [0.3, 0.4) is 0 Å². The molecule has 4 aromatic heterocycles. The smallest absolute Gasteiger partial charge is 0.261 e. The van der Waals surface area contributed by atoms with Gasteiger partial charge in [0.2, 0.25) is 0 Å². The third kappa shape index (κ3) is 3.94. The summed E-state index contributed by atoms with van der Waals surface area (Å²) in [5.74, 6) is 1.53. The number of nitrogens with zero attached hydrogens (tertiary/aromatic N) is 4. The zero-order valence-electron chi connectivity index (χ0n) is 19.1. The van der Waals surface area contributed by atoms with Gasteiger partial charge in [-0.15, -0.1) is 0 Å². The molecule has 0 aliphatic heterocycles. The van der Waals surface area contributed by atoms with E-state index in [9.17, 15) is 4.79 Å². The van der Waals surface area contributed by atoms with E-state index in [2.05, 4.69) is 30.4 Å². The molecule has 1 aromatic carbocycles. The molecule has 11 heteroatoms. The number of anilines is 1. The van der Waals surface area contributed by atoms with Gasteiger partial charge in [-0.2, -0.15) is 18.6 Å². The van der Waals surface area contributed by atoms with E-state index in [-0.39, 0.29) is 25.1 Å². The summed E-state index contributed by atoms with van der Waals surface area (Å²) in [4.78, 5) is 28.5. The molecule has 5 aromatic rings. The van der Waals surface area contributed by atoms with Gasteiger partial charge in [-0.1, -0.05) is 6.07 Å². The van der Waals surface area contributed by atoms with Gasteiger partial charge < -0.3 is 24.8 Å². The Morgan fingerprint density at radius 1 is 1.09 bits per heavy atom. The van der Waals surface area contributed by atoms with Gasteiger partial charge in [0.05, 0.1) is 48.2 Å². The van der Waals surface area contributed by atoms with Gasteiger partial charge in [0, 0.05) is 31.6 Å². The van der Waals surface area contributed by atoms with Gasteiger partial charge in [-0.25, -0.2) is 4.98 Å². The fourth-order valence-electron chi connectivity index (χ4n) is 3.93. The molecule has 0 saturated carbocycles. The molecule has 0 unspecified atom stereocenters. The summed E-state index contributed by atoms with van der Waals surface area (Å²) in [6.07, 6.45) is 3.51. The van der Waals surface area contributed by atoms with Crippen molar-refractivity contribution in [3.05, 3.63) is 58.8 Å². The normalized spacial score (nSPS) is 11.9. The number of imidazole rings is 1. The lowest BCUT2D eigenvalue weighted by Gasteiger charge is -2.17. The molecule has 34 heavy (non-hydrogen) atoms. The van der Waals surface area contributed by atoms with Crippen molar-refractivity contribution in [3.63, 3.8) is 0 Å². The van der Waals surface area contributed by atoms with Crippen molar-refractivity contribution in [1.82, 2.24) is 29.7 Å². The van der Waals surface area contributed by atoms with Crippen LogP contribution in [0.4, 0.5) is 5.69 Å². The number of pyridine rings is 2. The molecule has 0 aliphatic carbocycles. The van der Waals surface area contributed by atoms with Crippen LogP contribution in [-0.4, -0.2) is 43.9 Å². The Hall–Kier alpha value is -3.99. The molecule has 0 fully saturated rings. The van der Waals surface area contributed by atoms with Crippen LogP contribution in [0.25, 0.3) is 33.5 Å². The summed E-state index contributed by atoms with van der Waals surface area (Å²) in [5.41, 5.74) is 4.10. The molecule has 0 spiro atoms. The van der Waals surface area contributed by atoms with E-state index in [1.165, 1.54) is 0 Å². The molecular formula is C23H25N7O3S. The highest BCUT2D eigenvalue weighted by Crippen LogP contribution is 2.35. The van der Waals surface area contributed by atoms with E-state index >= 15 is 0 Å². The predicted molar refractivity (Wildman–Crippen MR) is 136 cm³/mol. The van der Waals surface area contributed by atoms with Crippen LogP contribution in [0, 0.1) is 0 Å². The summed E-state index contributed by atoms with van der Waals surface area (Å²) in [5, 5.41) is 8.02. The van der Waals surface area contributed by atoms with Crippen LogP contribution in [-0.2, 0) is 7.05 Å². The van der Waals surface area contributed by atoms with Gasteiger partial charge in [0.25, 0.3) is 5.56 Å². The fraction of sp³-hybridized carbons (Fsp3) is 0.217. The van der Waals surface area contributed by atoms with Crippen molar-refractivity contribution in [2.75, 3.05) is 19.5 Å². The average molecular weight is 480 g/mol. The maximum atomic E-state index is 13.2. The minimum atomic E-state index is -0.288. The van der Waals surface area contributed by atoms with Gasteiger partial charge in [-0.05, 0) is 19.1 Å². The Bertz CT molecular complexity index is 1480. The standard InChI is InChI=1S/C23H23N7O3.H2S/c1-12(13-7-5-6-8-24-13)25-21-19(23(31)28-16-11-30(2)29-20(16)21)22-26-14-9-17(32-3)18(33-4)10-15(14)27-22;/h5-12,25H,1-4H3,(H,26,27)(H,28,31);1H2/t12-;/m0./s1. The third-order valence-corrected chi connectivity index (χ3v) is 5.51. The Balaban J connectivity index is 0.00000274. The molecule has 176 valence electrons. The number of hydrogen-bond acceptors (Lipinski definition) is 7. The number of benzene rings is 1. The second-order valence-electron chi connectivity index (χ2n) is 7.70. The number of H-pyrrole nitrogens is 2. The lowest BCUT2D eigenvalue weighted by atomic mass is 10.1. The molecule has 3 N–H and O–H groups in total. The van der Waals surface area contributed by atoms with Gasteiger partial charge in [0.1, 0.15) is 16.9 Å². The van der Waals surface area contributed by atoms with Crippen molar-refractivity contribution in [1.29, 1.82) is 0 Å². The number of aromatic amines is 2. The Morgan fingerprint density at radius 2 is 1.85 bits per heavy atom. The van der Waals surface area contributed by atoms with Gasteiger partial charge in [-0.3, -0.25) is 14.5 Å². The predicted octanol–water partition coefficient (Wildman–Crippen LogP) is 3.50. The van der Waals surface area contributed by atoms with E-state index in [1.54, 1.807) is 43.4 Å². The zero-order chi connectivity index (χ0) is 23.1. The van der Waals surface area contributed by atoms with Crippen molar-refractivity contribution in [2.45, 2.75) is 13.0 Å². The van der Waals surface area contributed by atoms with E-state index in [0.29, 0.717) is 50.6 Å². The molecule has 5 rings (SSSR count).